The zero-order chi connectivity index (χ0) is 28.1. The molecule has 5 rings (SSSR count). The second-order valence-electron chi connectivity index (χ2n) is 9.44. The third-order valence-corrected chi connectivity index (χ3v) is 6.72. The molecule has 0 aromatic heterocycles. The number of nitrogens with one attached hydrogen (secondary N) is 2. The third kappa shape index (κ3) is 5.86. The van der Waals surface area contributed by atoms with Gasteiger partial charge in [-0.25, -0.2) is 0 Å². The Bertz CT molecular complexity index is 1500. The van der Waals surface area contributed by atoms with Crippen LogP contribution in [0.25, 0.3) is 0 Å². The van der Waals surface area contributed by atoms with Gasteiger partial charge in [0, 0.05) is 30.4 Å². The van der Waals surface area contributed by atoms with Crippen LogP contribution in [0.15, 0.2) is 91.0 Å². The van der Waals surface area contributed by atoms with E-state index in [1.165, 1.54) is 6.92 Å². The minimum atomic E-state index is -0.411. The van der Waals surface area contributed by atoms with Gasteiger partial charge in [-0.2, -0.15) is 0 Å². The molecule has 4 aromatic carbocycles. The van der Waals surface area contributed by atoms with Crippen LogP contribution >= 0.6 is 0 Å². The van der Waals surface area contributed by atoms with Gasteiger partial charge in [0.1, 0.15) is 30.0 Å². The largest absolute Gasteiger partial charge is 0.497 e. The minimum absolute atomic E-state index is 0.0527. The molecule has 1 unspecified atom stereocenters. The van der Waals surface area contributed by atoms with Gasteiger partial charge in [0.05, 0.1) is 19.8 Å². The van der Waals surface area contributed by atoms with Crippen molar-refractivity contribution >= 4 is 23.2 Å². The molecule has 0 fully saturated rings. The van der Waals surface area contributed by atoms with Crippen molar-refractivity contribution < 1.29 is 23.8 Å². The van der Waals surface area contributed by atoms with Crippen LogP contribution in [0, 0.1) is 0 Å². The summed E-state index contributed by atoms with van der Waals surface area (Å²) in [7, 11) is 3.25. The molecule has 1 atom stereocenters. The molecule has 2 amide bonds. The lowest BCUT2D eigenvalue weighted by Gasteiger charge is -2.38. The molecular weight excluding hydrogens is 506 g/mol. The number of nitrogens with zero attached hydrogens (tertiary/aromatic N) is 1. The summed E-state index contributed by atoms with van der Waals surface area (Å²) in [6.45, 7) is 2.13. The molecule has 8 heteroatoms. The molecule has 40 heavy (non-hydrogen) atoms. The van der Waals surface area contributed by atoms with Crippen molar-refractivity contribution in [2.24, 2.45) is 0 Å². The van der Waals surface area contributed by atoms with Crippen molar-refractivity contribution in [3.63, 3.8) is 0 Å². The minimum Gasteiger partial charge on any atom is -0.497 e. The molecule has 2 N–H and O–H groups in total. The Hall–Kier alpha value is -4.98. The monoisotopic (exact) mass is 537 g/mol. The van der Waals surface area contributed by atoms with E-state index in [1.54, 1.807) is 38.5 Å². The second kappa shape index (κ2) is 11.8. The number of carbonyl (C=O) groups is 2. The van der Waals surface area contributed by atoms with E-state index >= 15 is 0 Å². The topological polar surface area (TPSA) is 89.1 Å². The van der Waals surface area contributed by atoms with Crippen LogP contribution in [-0.4, -0.2) is 30.9 Å². The maximum Gasteiger partial charge on any atom is 0.258 e. The number of benzene rings is 4. The maximum atomic E-state index is 13.7. The number of hydrogen-bond acceptors (Lipinski definition) is 6. The fraction of sp³-hybridized carbons (Fsp3) is 0.188. The molecule has 0 radical (unpaired) electrons. The van der Waals surface area contributed by atoms with Gasteiger partial charge in [0.25, 0.3) is 5.91 Å². The molecule has 204 valence electrons. The van der Waals surface area contributed by atoms with Gasteiger partial charge in [-0.15, -0.1) is 0 Å². The first kappa shape index (κ1) is 26.6. The lowest BCUT2D eigenvalue weighted by atomic mass is 10.0. The number of amides is 2. The summed E-state index contributed by atoms with van der Waals surface area (Å²) in [6, 6.07) is 28.3. The summed E-state index contributed by atoms with van der Waals surface area (Å²) in [6.07, 6.45) is -0.411. The Balaban J connectivity index is 1.42. The first-order valence-electron chi connectivity index (χ1n) is 12.9. The lowest BCUT2D eigenvalue weighted by Crippen LogP contribution is -2.42. The summed E-state index contributed by atoms with van der Waals surface area (Å²) >= 11 is 0. The van der Waals surface area contributed by atoms with Crippen molar-refractivity contribution in [2.45, 2.75) is 26.2 Å². The van der Waals surface area contributed by atoms with E-state index in [0.717, 1.165) is 28.1 Å². The first-order chi connectivity index (χ1) is 19.4. The summed E-state index contributed by atoms with van der Waals surface area (Å²) < 4.78 is 17.0. The van der Waals surface area contributed by atoms with Crippen LogP contribution in [0.4, 0.5) is 11.4 Å². The van der Waals surface area contributed by atoms with Gasteiger partial charge in [-0.3, -0.25) is 9.59 Å². The van der Waals surface area contributed by atoms with Crippen molar-refractivity contribution in [1.82, 2.24) is 4.90 Å². The predicted molar refractivity (Wildman–Crippen MR) is 154 cm³/mol. The molecule has 0 saturated heterocycles. The molecule has 0 bridgehead atoms. The van der Waals surface area contributed by atoms with E-state index in [0.29, 0.717) is 29.3 Å². The molecule has 1 heterocycles. The van der Waals surface area contributed by atoms with Crippen molar-refractivity contribution in [3.8, 4) is 17.2 Å². The van der Waals surface area contributed by atoms with Crippen molar-refractivity contribution in [2.75, 3.05) is 24.9 Å². The van der Waals surface area contributed by atoms with Crippen LogP contribution in [0.3, 0.4) is 0 Å². The van der Waals surface area contributed by atoms with E-state index in [9.17, 15) is 9.59 Å². The van der Waals surface area contributed by atoms with Crippen LogP contribution < -0.4 is 24.8 Å². The number of methoxy groups -OCH3 is 2. The zero-order valence-electron chi connectivity index (χ0n) is 22.6. The third-order valence-electron chi connectivity index (χ3n) is 6.72. The van der Waals surface area contributed by atoms with Crippen LogP contribution in [-0.2, 0) is 17.9 Å². The van der Waals surface area contributed by atoms with Gasteiger partial charge in [-0.1, -0.05) is 30.3 Å². The fourth-order valence-corrected chi connectivity index (χ4v) is 4.73. The molecule has 4 aromatic rings. The van der Waals surface area contributed by atoms with E-state index in [1.807, 2.05) is 71.6 Å². The van der Waals surface area contributed by atoms with Crippen LogP contribution in [0.5, 0.6) is 17.2 Å². The number of hydrogen-bond donors (Lipinski definition) is 2. The van der Waals surface area contributed by atoms with Gasteiger partial charge >= 0.3 is 0 Å². The number of anilines is 2. The van der Waals surface area contributed by atoms with Gasteiger partial charge < -0.3 is 29.7 Å². The van der Waals surface area contributed by atoms with Crippen molar-refractivity contribution in [3.05, 3.63) is 113 Å². The first-order valence-corrected chi connectivity index (χ1v) is 12.9. The number of para-hydroxylation sites is 1. The highest BCUT2D eigenvalue weighted by atomic mass is 16.5. The summed E-state index contributed by atoms with van der Waals surface area (Å²) in [5.74, 6) is 1.92. The SMILES string of the molecule is COc1ccc(CN2C(=O)c3ccccc3NC2c2ccc(OC)c(COc3ccc(NC(C)=O)cc3)c2)cc1. The highest BCUT2D eigenvalue weighted by Gasteiger charge is 2.33. The van der Waals surface area contributed by atoms with E-state index < -0.39 is 6.17 Å². The van der Waals surface area contributed by atoms with Gasteiger partial charge in [-0.05, 0) is 71.8 Å². The normalized spacial score (nSPS) is 14.1. The van der Waals surface area contributed by atoms with E-state index in [-0.39, 0.29) is 18.4 Å². The van der Waals surface area contributed by atoms with E-state index in [4.69, 9.17) is 14.2 Å². The Labute approximate surface area is 233 Å². The van der Waals surface area contributed by atoms with Gasteiger partial charge in [0.2, 0.25) is 5.91 Å². The predicted octanol–water partition coefficient (Wildman–Crippen LogP) is 6.01. The smallest absolute Gasteiger partial charge is 0.258 e. The molecule has 0 spiro atoms. The number of carbonyl (C=O) groups excluding carboxylic acids is 2. The maximum absolute atomic E-state index is 13.7. The molecule has 8 nitrogen and oxygen atoms in total. The molecule has 0 saturated carbocycles. The highest BCUT2D eigenvalue weighted by molar-refractivity contribution is 6.01. The average molecular weight is 538 g/mol. The number of ether oxygens (including phenoxy) is 3. The second-order valence-corrected chi connectivity index (χ2v) is 9.44. The molecule has 1 aliphatic rings. The van der Waals surface area contributed by atoms with Crippen LogP contribution in [0.2, 0.25) is 0 Å². The molecule has 0 aliphatic carbocycles. The van der Waals surface area contributed by atoms with E-state index in [2.05, 4.69) is 10.6 Å². The van der Waals surface area contributed by atoms with Crippen molar-refractivity contribution in [1.29, 1.82) is 0 Å². The van der Waals surface area contributed by atoms with Gasteiger partial charge in [0.15, 0.2) is 0 Å². The molecule has 1 aliphatic heterocycles. The lowest BCUT2D eigenvalue weighted by molar-refractivity contribution is -0.114. The Morgan fingerprint density at radius 2 is 1.62 bits per heavy atom. The summed E-state index contributed by atoms with van der Waals surface area (Å²) in [5, 5.41) is 6.31. The fourth-order valence-electron chi connectivity index (χ4n) is 4.73. The zero-order valence-corrected chi connectivity index (χ0v) is 22.6. The number of fused-ring (bicyclic) bond motifs is 1. The van der Waals surface area contributed by atoms with Crippen LogP contribution in [0.1, 0.15) is 40.1 Å². The Kier molecular flexibility index (Phi) is 7.87. The number of rotatable bonds is 9. The Morgan fingerprint density at radius 1 is 0.900 bits per heavy atom. The molecular formula is C32H31N3O5. The Morgan fingerprint density at radius 3 is 2.33 bits per heavy atom. The average Bonchev–Trinajstić information content (AvgIpc) is 2.98. The summed E-state index contributed by atoms with van der Waals surface area (Å²) in [5.41, 5.74) is 4.84. The summed E-state index contributed by atoms with van der Waals surface area (Å²) in [4.78, 5) is 26.8. The quantitative estimate of drug-likeness (QED) is 0.272. The highest BCUT2D eigenvalue weighted by Crippen LogP contribution is 2.36. The standard InChI is InChI=1S/C32H31N3O5/c1-21(36)33-25-11-15-27(16-12-25)40-20-24-18-23(10-17-30(24)39-3)31-34-29-7-5-4-6-28(29)32(37)35(31)19-22-8-13-26(38-2)14-9-22/h4-18,31,34H,19-20H2,1-3H3,(H,33,36).